The third-order valence-corrected chi connectivity index (χ3v) is 6.26. The predicted octanol–water partition coefficient (Wildman–Crippen LogP) is 6.33. The number of rotatable bonds is 5. The normalized spacial score (nSPS) is 11.3. The van der Waals surface area contributed by atoms with Gasteiger partial charge in [-0.1, -0.05) is 63.2 Å². The molecule has 0 fully saturated rings. The fraction of sp³-hybridized carbons (Fsp3) is 0.233. The molecule has 1 N–H and O–H groups in total. The number of carbonyl (C=O) groups is 2. The molecule has 4 rings (SSSR count). The van der Waals surface area contributed by atoms with Crippen LogP contribution in [-0.2, 0) is 11.8 Å². The lowest BCUT2D eigenvalue weighted by atomic mass is 9.87. The van der Waals surface area contributed by atoms with Crippen molar-refractivity contribution >= 4 is 17.5 Å². The summed E-state index contributed by atoms with van der Waals surface area (Å²) in [4.78, 5) is 25.8. The Morgan fingerprint density at radius 1 is 0.829 bits per heavy atom. The molecule has 0 saturated heterocycles. The van der Waals surface area contributed by atoms with Gasteiger partial charge >= 0.3 is 0 Å². The number of amides is 1. The number of carbonyl (C=O) groups excluding carboxylic acids is 2. The number of aryl methyl sites for hydroxylation is 1. The first-order valence-corrected chi connectivity index (χ1v) is 11.8. The summed E-state index contributed by atoms with van der Waals surface area (Å²) < 4.78 is 1.47. The van der Waals surface area contributed by atoms with Crippen molar-refractivity contribution in [3.63, 3.8) is 0 Å². The van der Waals surface area contributed by atoms with Crippen molar-refractivity contribution in [3.8, 4) is 0 Å². The Morgan fingerprint density at radius 2 is 1.43 bits per heavy atom. The first-order valence-electron chi connectivity index (χ1n) is 11.8. The molecule has 4 aromatic rings. The zero-order chi connectivity index (χ0) is 25.2. The smallest absolute Gasteiger partial charge is 0.278 e. The molecular weight excluding hydrogens is 434 g/mol. The van der Waals surface area contributed by atoms with Gasteiger partial charge in [-0.25, -0.2) is 4.68 Å². The van der Waals surface area contributed by atoms with E-state index in [1.165, 1.54) is 15.8 Å². The Bertz CT molecular complexity index is 1340. The monoisotopic (exact) mass is 465 g/mol. The summed E-state index contributed by atoms with van der Waals surface area (Å²) in [6.07, 6.45) is 0.730. The molecule has 0 aliphatic heterocycles. The van der Waals surface area contributed by atoms with Crippen molar-refractivity contribution in [2.45, 2.75) is 46.5 Å². The van der Waals surface area contributed by atoms with Crippen LogP contribution < -0.4 is 5.32 Å². The van der Waals surface area contributed by atoms with Crippen molar-refractivity contribution in [1.29, 1.82) is 0 Å². The van der Waals surface area contributed by atoms with Crippen LogP contribution in [0.5, 0.6) is 0 Å². The van der Waals surface area contributed by atoms with Crippen LogP contribution >= 0.6 is 0 Å². The molecule has 3 aromatic carbocycles. The standard InChI is InChI=1S/C30H31N3O2/c1-20-27(19-22-9-7-6-8-10-22)21(2)33(32-20)29(35)24-13-17-26(18-14-24)31-28(34)23-11-15-25(16-12-23)30(3,4)5/h6-18H,19H2,1-5H3,(H,31,34). The fourth-order valence-corrected chi connectivity index (χ4v) is 4.07. The molecule has 0 saturated carbocycles. The maximum atomic E-state index is 13.2. The summed E-state index contributed by atoms with van der Waals surface area (Å²) in [5.41, 5.74) is 6.86. The number of aromatic nitrogens is 2. The lowest BCUT2D eigenvalue weighted by Gasteiger charge is -2.19. The molecule has 35 heavy (non-hydrogen) atoms. The van der Waals surface area contributed by atoms with Gasteiger partial charge in [-0.15, -0.1) is 0 Å². The lowest BCUT2D eigenvalue weighted by molar-refractivity contribution is 0.0941. The second-order valence-corrected chi connectivity index (χ2v) is 9.89. The SMILES string of the molecule is Cc1nn(C(=O)c2ccc(NC(=O)c3ccc(C(C)(C)C)cc3)cc2)c(C)c1Cc1ccccc1. The van der Waals surface area contributed by atoms with Crippen LogP contribution in [0.25, 0.3) is 0 Å². The number of hydrogen-bond acceptors (Lipinski definition) is 3. The maximum absolute atomic E-state index is 13.2. The van der Waals surface area contributed by atoms with E-state index >= 15 is 0 Å². The Kier molecular flexibility index (Phi) is 6.70. The van der Waals surface area contributed by atoms with Crippen LogP contribution in [0.3, 0.4) is 0 Å². The van der Waals surface area contributed by atoms with Gasteiger partial charge in [0.05, 0.1) is 5.69 Å². The molecule has 5 heteroatoms. The molecule has 1 aromatic heterocycles. The van der Waals surface area contributed by atoms with Crippen LogP contribution in [0.1, 0.15) is 69.6 Å². The average Bonchev–Trinajstić information content (AvgIpc) is 3.12. The summed E-state index contributed by atoms with van der Waals surface area (Å²) in [6.45, 7) is 10.3. The van der Waals surface area contributed by atoms with Crippen LogP contribution in [0, 0.1) is 13.8 Å². The second-order valence-electron chi connectivity index (χ2n) is 9.89. The molecule has 178 valence electrons. The summed E-state index contributed by atoms with van der Waals surface area (Å²) >= 11 is 0. The molecule has 0 unspecified atom stereocenters. The molecule has 0 aliphatic rings. The highest BCUT2D eigenvalue weighted by molar-refractivity contribution is 6.04. The second kappa shape index (κ2) is 9.71. The minimum Gasteiger partial charge on any atom is -0.322 e. The molecule has 0 atom stereocenters. The fourth-order valence-electron chi connectivity index (χ4n) is 4.07. The predicted molar refractivity (Wildman–Crippen MR) is 140 cm³/mol. The first kappa shape index (κ1) is 24.1. The molecule has 0 radical (unpaired) electrons. The largest absolute Gasteiger partial charge is 0.322 e. The summed E-state index contributed by atoms with van der Waals surface area (Å²) in [6, 6.07) is 24.7. The van der Waals surface area contributed by atoms with Crippen molar-refractivity contribution < 1.29 is 9.59 Å². The van der Waals surface area contributed by atoms with E-state index in [0.29, 0.717) is 16.8 Å². The van der Waals surface area contributed by atoms with E-state index in [1.54, 1.807) is 24.3 Å². The quantitative estimate of drug-likeness (QED) is 0.375. The van der Waals surface area contributed by atoms with E-state index in [9.17, 15) is 9.59 Å². The van der Waals surface area contributed by atoms with Crippen molar-refractivity contribution in [2.24, 2.45) is 0 Å². The van der Waals surface area contributed by atoms with Crippen molar-refractivity contribution in [2.75, 3.05) is 5.32 Å². The molecule has 1 amide bonds. The van der Waals surface area contributed by atoms with E-state index in [4.69, 9.17) is 0 Å². The van der Waals surface area contributed by atoms with E-state index in [0.717, 1.165) is 23.4 Å². The Labute approximate surface area is 206 Å². The van der Waals surface area contributed by atoms with Crippen molar-refractivity contribution in [1.82, 2.24) is 9.78 Å². The summed E-state index contributed by atoms with van der Waals surface area (Å²) in [5, 5.41) is 7.42. The highest BCUT2D eigenvalue weighted by Crippen LogP contribution is 2.23. The van der Waals surface area contributed by atoms with Gasteiger partial charge in [0.25, 0.3) is 11.8 Å². The van der Waals surface area contributed by atoms with Crippen LogP contribution in [0.15, 0.2) is 78.9 Å². The minimum atomic E-state index is -0.194. The van der Waals surface area contributed by atoms with Gasteiger partial charge in [0.15, 0.2) is 0 Å². The molecule has 0 bridgehead atoms. The van der Waals surface area contributed by atoms with Crippen LogP contribution in [0.2, 0.25) is 0 Å². The zero-order valence-corrected chi connectivity index (χ0v) is 20.9. The molecule has 0 spiro atoms. The van der Waals surface area contributed by atoms with Gasteiger partial charge < -0.3 is 5.32 Å². The maximum Gasteiger partial charge on any atom is 0.278 e. The number of nitrogens with zero attached hydrogens (tertiary/aromatic N) is 2. The summed E-state index contributed by atoms with van der Waals surface area (Å²) in [7, 11) is 0. The number of benzene rings is 3. The highest BCUT2D eigenvalue weighted by Gasteiger charge is 2.19. The van der Waals surface area contributed by atoms with E-state index in [1.807, 2.05) is 56.3 Å². The van der Waals surface area contributed by atoms with Gasteiger partial charge in [-0.05, 0) is 66.8 Å². The Balaban J connectivity index is 1.46. The highest BCUT2D eigenvalue weighted by atomic mass is 16.2. The van der Waals surface area contributed by atoms with Gasteiger partial charge in [0.1, 0.15) is 0 Å². The Hall–Kier alpha value is -3.99. The summed E-state index contributed by atoms with van der Waals surface area (Å²) in [5.74, 6) is -0.380. The van der Waals surface area contributed by atoms with Crippen LogP contribution in [-0.4, -0.2) is 21.6 Å². The molecule has 1 heterocycles. The first-order chi connectivity index (χ1) is 16.6. The topological polar surface area (TPSA) is 64.0 Å². The Morgan fingerprint density at radius 3 is 2.03 bits per heavy atom. The molecule has 5 nitrogen and oxygen atoms in total. The van der Waals surface area contributed by atoms with E-state index in [2.05, 4.69) is 43.3 Å². The van der Waals surface area contributed by atoms with Gasteiger partial charge in [0, 0.05) is 34.5 Å². The van der Waals surface area contributed by atoms with E-state index in [-0.39, 0.29) is 17.2 Å². The minimum absolute atomic E-state index is 0.0329. The molecular formula is C30H31N3O2. The third kappa shape index (κ3) is 5.40. The lowest BCUT2D eigenvalue weighted by Crippen LogP contribution is -2.16. The third-order valence-electron chi connectivity index (χ3n) is 6.26. The van der Waals surface area contributed by atoms with Gasteiger partial charge in [-0.2, -0.15) is 5.10 Å². The van der Waals surface area contributed by atoms with E-state index < -0.39 is 0 Å². The van der Waals surface area contributed by atoms with Gasteiger partial charge in [-0.3, -0.25) is 9.59 Å². The zero-order valence-electron chi connectivity index (χ0n) is 20.9. The number of anilines is 1. The molecule has 0 aliphatic carbocycles. The van der Waals surface area contributed by atoms with Crippen LogP contribution in [0.4, 0.5) is 5.69 Å². The van der Waals surface area contributed by atoms with Crippen molar-refractivity contribution in [3.05, 3.63) is 118 Å². The number of nitrogens with one attached hydrogen (secondary N) is 1. The average molecular weight is 466 g/mol. The number of hydrogen-bond donors (Lipinski definition) is 1. The van der Waals surface area contributed by atoms with Gasteiger partial charge in [0.2, 0.25) is 0 Å².